The van der Waals surface area contributed by atoms with Gasteiger partial charge < -0.3 is 23.7 Å². The first-order valence-corrected chi connectivity index (χ1v) is 12.8. The monoisotopic (exact) mass is 480 g/mol. The second-order valence-corrected chi connectivity index (χ2v) is 10.4. The fraction of sp³-hybridized carbons (Fsp3) is 0.552. The molecule has 0 aromatic heterocycles. The van der Waals surface area contributed by atoms with Gasteiger partial charge in [0, 0.05) is 18.3 Å². The molecule has 0 radical (unpaired) electrons. The van der Waals surface area contributed by atoms with E-state index in [9.17, 15) is 4.79 Å². The predicted octanol–water partition coefficient (Wildman–Crippen LogP) is 4.90. The molecule has 0 unspecified atom stereocenters. The van der Waals surface area contributed by atoms with Gasteiger partial charge in [-0.15, -0.1) is 0 Å². The third-order valence-corrected chi connectivity index (χ3v) is 7.94. The Kier molecular flexibility index (Phi) is 7.26. The lowest BCUT2D eigenvalue weighted by Crippen LogP contribution is -2.61. The molecule has 3 aliphatic heterocycles. The van der Waals surface area contributed by atoms with Crippen molar-refractivity contribution >= 4 is 5.97 Å². The molecule has 1 spiro atoms. The van der Waals surface area contributed by atoms with E-state index in [4.69, 9.17) is 23.7 Å². The van der Waals surface area contributed by atoms with E-state index in [1.54, 1.807) is 0 Å². The van der Waals surface area contributed by atoms with Crippen molar-refractivity contribution in [3.63, 3.8) is 0 Å². The number of fused-ring (bicyclic) bond motifs is 1. The van der Waals surface area contributed by atoms with E-state index < -0.39 is 11.9 Å². The summed E-state index contributed by atoms with van der Waals surface area (Å²) < 4.78 is 31.8. The molecule has 3 heterocycles. The predicted molar refractivity (Wildman–Crippen MR) is 130 cm³/mol. The molecule has 0 aliphatic carbocycles. The van der Waals surface area contributed by atoms with Crippen LogP contribution in [0.3, 0.4) is 0 Å². The molecule has 6 heteroatoms. The third-order valence-electron chi connectivity index (χ3n) is 7.94. The lowest BCUT2D eigenvalue weighted by Gasteiger charge is -2.50. The van der Waals surface area contributed by atoms with Crippen molar-refractivity contribution < 1.29 is 28.5 Å². The van der Waals surface area contributed by atoms with Gasteiger partial charge in [-0.1, -0.05) is 81.4 Å². The minimum absolute atomic E-state index is 0.0325. The van der Waals surface area contributed by atoms with Crippen molar-refractivity contribution in [2.45, 2.75) is 77.0 Å². The molecule has 8 atom stereocenters. The Balaban J connectivity index is 1.33. The zero-order valence-corrected chi connectivity index (χ0v) is 20.8. The van der Waals surface area contributed by atoms with E-state index in [2.05, 4.69) is 26.0 Å². The lowest BCUT2D eigenvalue weighted by atomic mass is 9.76. The van der Waals surface area contributed by atoms with Gasteiger partial charge in [0.2, 0.25) is 0 Å². The summed E-state index contributed by atoms with van der Waals surface area (Å²) in [6, 6.07) is 20.3. The van der Waals surface area contributed by atoms with Crippen LogP contribution < -0.4 is 0 Å². The zero-order valence-electron chi connectivity index (χ0n) is 20.8. The maximum atomic E-state index is 12.6. The molecule has 5 rings (SSSR count). The fourth-order valence-electron chi connectivity index (χ4n) is 5.71. The van der Waals surface area contributed by atoms with Crippen LogP contribution in [-0.4, -0.2) is 42.8 Å². The first kappa shape index (κ1) is 24.4. The van der Waals surface area contributed by atoms with Crippen LogP contribution in [0.4, 0.5) is 0 Å². The molecule has 0 N–H and O–H groups in total. The SMILES string of the molecule is C[C@@H]1[C@H]2OC(=O)C[C@@H](C)[C@H](OCc3ccccc3)[C@@H]2O[C@]2(C[C@H](OCc3ccccc3)CO2)[C@H]1C. The van der Waals surface area contributed by atoms with Gasteiger partial charge in [-0.05, 0) is 17.0 Å². The van der Waals surface area contributed by atoms with E-state index in [1.165, 1.54) is 0 Å². The summed E-state index contributed by atoms with van der Waals surface area (Å²) in [4.78, 5) is 12.6. The Bertz CT molecular complexity index is 981. The van der Waals surface area contributed by atoms with E-state index in [-0.39, 0.29) is 42.0 Å². The van der Waals surface area contributed by atoms with Crippen LogP contribution in [0, 0.1) is 17.8 Å². The lowest BCUT2D eigenvalue weighted by molar-refractivity contribution is -0.335. The molecular formula is C29H36O6. The Morgan fingerprint density at radius 3 is 2.17 bits per heavy atom. The summed E-state index contributed by atoms with van der Waals surface area (Å²) in [5.74, 6) is -0.922. The second kappa shape index (κ2) is 10.4. The highest BCUT2D eigenvalue weighted by Crippen LogP contribution is 2.49. The van der Waals surface area contributed by atoms with Crippen molar-refractivity contribution in [2.75, 3.05) is 6.61 Å². The molecule has 2 aromatic carbocycles. The minimum Gasteiger partial charge on any atom is -0.459 e. The molecule has 0 saturated carbocycles. The zero-order chi connectivity index (χ0) is 24.4. The highest BCUT2D eigenvalue weighted by Gasteiger charge is 2.59. The van der Waals surface area contributed by atoms with Crippen molar-refractivity contribution in [1.82, 2.24) is 0 Å². The summed E-state index contributed by atoms with van der Waals surface area (Å²) in [5, 5.41) is 0. The number of hydrogen-bond acceptors (Lipinski definition) is 6. The summed E-state index contributed by atoms with van der Waals surface area (Å²) in [7, 11) is 0. The molecule has 6 nitrogen and oxygen atoms in total. The van der Waals surface area contributed by atoms with Crippen molar-refractivity contribution in [1.29, 1.82) is 0 Å². The van der Waals surface area contributed by atoms with Gasteiger partial charge in [0.1, 0.15) is 12.2 Å². The standard InChI is InChI=1S/C29H36O6/c1-19-14-25(30)34-27-20(2)21(3)29(15-24(18-33-29)31-16-22-10-6-4-7-11-22)35-28(27)26(19)32-17-23-12-8-5-9-13-23/h4-13,19-21,24,26-28H,14-18H2,1-3H3/t19-,20+,21+,24+,26+,27-,28+,29-/m1/s1. The van der Waals surface area contributed by atoms with Crippen LogP contribution in [-0.2, 0) is 41.7 Å². The molecule has 3 fully saturated rings. The summed E-state index contributed by atoms with van der Waals surface area (Å²) in [6.07, 6.45) is -0.168. The number of benzene rings is 2. The number of hydrogen-bond donors (Lipinski definition) is 0. The maximum absolute atomic E-state index is 12.6. The van der Waals surface area contributed by atoms with Crippen LogP contribution in [0.15, 0.2) is 60.7 Å². The first-order chi connectivity index (χ1) is 16.9. The average Bonchev–Trinajstić information content (AvgIpc) is 3.23. The normalized spacial score (nSPS) is 37.0. The molecule has 3 aliphatic rings. The average molecular weight is 481 g/mol. The van der Waals surface area contributed by atoms with Gasteiger partial charge in [0.25, 0.3) is 0 Å². The summed E-state index contributed by atoms with van der Waals surface area (Å²) in [5.41, 5.74) is 2.23. The van der Waals surface area contributed by atoms with Gasteiger partial charge in [-0.25, -0.2) is 0 Å². The van der Waals surface area contributed by atoms with Gasteiger partial charge in [0.05, 0.1) is 38.4 Å². The number of ether oxygens (including phenoxy) is 5. The molecule has 3 saturated heterocycles. The smallest absolute Gasteiger partial charge is 0.306 e. The molecule has 0 bridgehead atoms. The van der Waals surface area contributed by atoms with Crippen LogP contribution >= 0.6 is 0 Å². The molecular weight excluding hydrogens is 444 g/mol. The molecule has 2 aromatic rings. The van der Waals surface area contributed by atoms with E-state index in [1.807, 2.05) is 55.5 Å². The van der Waals surface area contributed by atoms with Crippen molar-refractivity contribution in [3.05, 3.63) is 71.8 Å². The largest absolute Gasteiger partial charge is 0.459 e. The highest BCUT2D eigenvalue weighted by molar-refractivity contribution is 5.70. The Morgan fingerprint density at radius 2 is 1.51 bits per heavy atom. The molecule has 0 amide bonds. The summed E-state index contributed by atoms with van der Waals surface area (Å²) >= 11 is 0. The first-order valence-electron chi connectivity index (χ1n) is 12.8. The number of rotatable bonds is 6. The van der Waals surface area contributed by atoms with Gasteiger partial charge in [0.15, 0.2) is 5.79 Å². The number of esters is 1. The van der Waals surface area contributed by atoms with Gasteiger partial charge >= 0.3 is 5.97 Å². The number of carbonyl (C=O) groups excluding carboxylic acids is 1. The van der Waals surface area contributed by atoms with Gasteiger partial charge in [-0.3, -0.25) is 4.79 Å². The Morgan fingerprint density at radius 1 is 0.886 bits per heavy atom. The minimum atomic E-state index is -0.785. The van der Waals surface area contributed by atoms with Crippen LogP contribution in [0.2, 0.25) is 0 Å². The molecule has 188 valence electrons. The third kappa shape index (κ3) is 5.17. The van der Waals surface area contributed by atoms with E-state index in [0.717, 1.165) is 11.1 Å². The highest BCUT2D eigenvalue weighted by atomic mass is 16.7. The number of carbonyl (C=O) groups is 1. The Hall–Kier alpha value is -2.25. The van der Waals surface area contributed by atoms with E-state index in [0.29, 0.717) is 32.7 Å². The van der Waals surface area contributed by atoms with E-state index >= 15 is 0 Å². The summed E-state index contributed by atoms with van der Waals surface area (Å²) in [6.45, 7) is 7.77. The maximum Gasteiger partial charge on any atom is 0.306 e. The van der Waals surface area contributed by atoms with Crippen LogP contribution in [0.25, 0.3) is 0 Å². The quantitative estimate of drug-likeness (QED) is 0.548. The Labute approximate surface area is 207 Å². The molecule has 35 heavy (non-hydrogen) atoms. The fourth-order valence-corrected chi connectivity index (χ4v) is 5.71. The van der Waals surface area contributed by atoms with Crippen molar-refractivity contribution in [3.8, 4) is 0 Å². The second-order valence-electron chi connectivity index (χ2n) is 10.4. The van der Waals surface area contributed by atoms with Crippen LogP contribution in [0.5, 0.6) is 0 Å². The van der Waals surface area contributed by atoms with Crippen LogP contribution in [0.1, 0.15) is 44.7 Å². The van der Waals surface area contributed by atoms with Gasteiger partial charge in [-0.2, -0.15) is 0 Å². The van der Waals surface area contributed by atoms with Crippen molar-refractivity contribution in [2.24, 2.45) is 17.8 Å². The topological polar surface area (TPSA) is 63.2 Å².